The molecule has 0 radical (unpaired) electrons. The lowest BCUT2D eigenvalue weighted by molar-refractivity contribution is 0.461. The number of nitrogens with one attached hydrogen (secondary N) is 2. The first-order chi connectivity index (χ1) is 9.19. The summed E-state index contributed by atoms with van der Waals surface area (Å²) in [6.45, 7) is 7.32. The molecule has 1 unspecified atom stereocenters. The fourth-order valence-electron chi connectivity index (χ4n) is 1.87. The Morgan fingerprint density at radius 1 is 1.32 bits per heavy atom. The second-order valence-corrected chi connectivity index (χ2v) is 4.74. The fraction of sp³-hybridized carbons (Fsp3) is 0.400. The Balaban J connectivity index is 1.98. The molecule has 0 aliphatic carbocycles. The van der Waals surface area contributed by atoms with Crippen LogP contribution in [0.3, 0.4) is 0 Å². The summed E-state index contributed by atoms with van der Waals surface area (Å²) in [5.41, 5.74) is 2.25. The number of H-pyrrole nitrogens is 1. The normalized spacial score (nSPS) is 12.4. The number of rotatable bonds is 6. The van der Waals surface area contributed by atoms with Gasteiger partial charge in [0.05, 0.1) is 0 Å². The molecule has 0 spiro atoms. The van der Waals surface area contributed by atoms with Gasteiger partial charge < -0.3 is 10.1 Å². The molecule has 1 atom stereocenters. The molecule has 19 heavy (non-hydrogen) atoms. The van der Waals surface area contributed by atoms with Crippen molar-refractivity contribution in [2.45, 2.75) is 33.2 Å². The van der Waals surface area contributed by atoms with E-state index in [9.17, 15) is 0 Å². The number of aromatic nitrogens is 2. The van der Waals surface area contributed by atoms with Crippen molar-refractivity contribution in [2.75, 3.05) is 6.54 Å². The van der Waals surface area contributed by atoms with Crippen LogP contribution in [0.2, 0.25) is 0 Å². The third-order valence-corrected chi connectivity index (χ3v) is 2.99. The van der Waals surface area contributed by atoms with Gasteiger partial charge in [0.2, 0.25) is 5.88 Å². The van der Waals surface area contributed by atoms with Crippen LogP contribution in [0, 0.1) is 6.92 Å². The van der Waals surface area contributed by atoms with Crippen molar-refractivity contribution in [3.63, 3.8) is 0 Å². The quantitative estimate of drug-likeness (QED) is 0.833. The van der Waals surface area contributed by atoms with Crippen molar-refractivity contribution in [1.29, 1.82) is 0 Å². The molecule has 0 bridgehead atoms. The molecule has 0 fully saturated rings. The molecule has 1 aromatic heterocycles. The van der Waals surface area contributed by atoms with E-state index in [4.69, 9.17) is 4.74 Å². The largest absolute Gasteiger partial charge is 0.438 e. The fourth-order valence-corrected chi connectivity index (χ4v) is 1.87. The summed E-state index contributed by atoms with van der Waals surface area (Å²) in [7, 11) is 0. The zero-order chi connectivity index (χ0) is 13.7. The SMILES string of the molecule is CCCNC(C)c1ccc(Oc2cc(C)[nH]n2)cc1. The molecule has 2 rings (SSSR count). The lowest BCUT2D eigenvalue weighted by atomic mass is 10.1. The number of aromatic amines is 1. The van der Waals surface area contributed by atoms with Crippen molar-refractivity contribution in [3.8, 4) is 11.6 Å². The van der Waals surface area contributed by atoms with E-state index in [1.165, 1.54) is 5.56 Å². The summed E-state index contributed by atoms with van der Waals surface area (Å²) in [6, 6.07) is 10.4. The summed E-state index contributed by atoms with van der Waals surface area (Å²) in [6.07, 6.45) is 1.14. The van der Waals surface area contributed by atoms with Gasteiger partial charge in [0.15, 0.2) is 0 Å². The van der Waals surface area contributed by atoms with Gasteiger partial charge in [-0.1, -0.05) is 19.1 Å². The molecule has 0 saturated carbocycles. The highest BCUT2D eigenvalue weighted by Crippen LogP contribution is 2.22. The molecule has 1 aromatic carbocycles. The summed E-state index contributed by atoms with van der Waals surface area (Å²) in [4.78, 5) is 0. The lowest BCUT2D eigenvalue weighted by Crippen LogP contribution is -2.19. The zero-order valence-electron chi connectivity index (χ0n) is 11.7. The van der Waals surface area contributed by atoms with Gasteiger partial charge in [-0.15, -0.1) is 5.10 Å². The highest BCUT2D eigenvalue weighted by atomic mass is 16.5. The van der Waals surface area contributed by atoms with Gasteiger partial charge in [-0.05, 0) is 44.5 Å². The first-order valence-corrected chi connectivity index (χ1v) is 6.72. The van der Waals surface area contributed by atoms with Gasteiger partial charge in [0.1, 0.15) is 5.75 Å². The predicted octanol–water partition coefficient (Wildman–Crippen LogP) is 3.57. The van der Waals surface area contributed by atoms with Crippen LogP contribution in [0.4, 0.5) is 0 Å². The highest BCUT2D eigenvalue weighted by Gasteiger charge is 2.05. The van der Waals surface area contributed by atoms with Gasteiger partial charge >= 0.3 is 0 Å². The van der Waals surface area contributed by atoms with E-state index in [0.29, 0.717) is 11.9 Å². The second kappa shape index (κ2) is 6.38. The van der Waals surface area contributed by atoms with E-state index in [1.807, 2.05) is 25.1 Å². The molecule has 2 N–H and O–H groups in total. The zero-order valence-corrected chi connectivity index (χ0v) is 11.7. The average Bonchev–Trinajstić information content (AvgIpc) is 2.82. The van der Waals surface area contributed by atoms with E-state index in [1.54, 1.807) is 0 Å². The van der Waals surface area contributed by atoms with Crippen LogP contribution in [0.5, 0.6) is 11.6 Å². The van der Waals surface area contributed by atoms with E-state index in [0.717, 1.165) is 24.4 Å². The number of benzene rings is 1. The van der Waals surface area contributed by atoms with Crippen LogP contribution in [0.15, 0.2) is 30.3 Å². The smallest absolute Gasteiger partial charge is 0.238 e. The second-order valence-electron chi connectivity index (χ2n) is 4.74. The highest BCUT2D eigenvalue weighted by molar-refractivity contribution is 5.31. The standard InChI is InChI=1S/C15H21N3O/c1-4-9-16-12(3)13-5-7-14(8-6-13)19-15-10-11(2)17-18-15/h5-8,10,12,16H,4,9H2,1-3H3,(H,17,18). The molecular weight excluding hydrogens is 238 g/mol. The molecule has 0 aliphatic heterocycles. The molecule has 0 aliphatic rings. The maximum Gasteiger partial charge on any atom is 0.238 e. The van der Waals surface area contributed by atoms with Crippen molar-refractivity contribution in [3.05, 3.63) is 41.6 Å². The number of nitrogens with zero attached hydrogens (tertiary/aromatic N) is 1. The minimum atomic E-state index is 0.363. The van der Waals surface area contributed by atoms with Gasteiger partial charge in [-0.3, -0.25) is 5.10 Å². The first-order valence-electron chi connectivity index (χ1n) is 6.72. The number of ether oxygens (including phenoxy) is 1. The number of aryl methyl sites for hydroxylation is 1. The van der Waals surface area contributed by atoms with Gasteiger partial charge in [0, 0.05) is 17.8 Å². The lowest BCUT2D eigenvalue weighted by Gasteiger charge is -2.13. The van der Waals surface area contributed by atoms with Crippen LogP contribution in [0.25, 0.3) is 0 Å². The Kier molecular flexibility index (Phi) is 4.58. The monoisotopic (exact) mass is 259 g/mol. The molecule has 0 amide bonds. The van der Waals surface area contributed by atoms with Crippen molar-refractivity contribution in [1.82, 2.24) is 15.5 Å². The average molecular weight is 259 g/mol. The van der Waals surface area contributed by atoms with Gasteiger partial charge in [0.25, 0.3) is 0 Å². The Labute approximate surface area is 114 Å². The van der Waals surface area contributed by atoms with E-state index in [2.05, 4.69) is 41.5 Å². The van der Waals surface area contributed by atoms with E-state index in [-0.39, 0.29) is 0 Å². The minimum absolute atomic E-state index is 0.363. The van der Waals surface area contributed by atoms with Crippen molar-refractivity contribution < 1.29 is 4.74 Å². The van der Waals surface area contributed by atoms with Crippen molar-refractivity contribution >= 4 is 0 Å². The maximum atomic E-state index is 5.65. The van der Waals surface area contributed by atoms with Crippen molar-refractivity contribution in [2.24, 2.45) is 0 Å². The molecule has 102 valence electrons. The third kappa shape index (κ3) is 3.83. The Morgan fingerprint density at radius 3 is 2.63 bits per heavy atom. The van der Waals surface area contributed by atoms with Crippen LogP contribution < -0.4 is 10.1 Å². The summed E-state index contributed by atoms with van der Waals surface area (Å²) in [5.74, 6) is 1.40. The molecule has 1 heterocycles. The number of hydrogen-bond donors (Lipinski definition) is 2. The summed E-state index contributed by atoms with van der Waals surface area (Å²) < 4.78 is 5.65. The molecule has 4 heteroatoms. The Morgan fingerprint density at radius 2 is 2.05 bits per heavy atom. The topological polar surface area (TPSA) is 49.9 Å². The van der Waals surface area contributed by atoms with Crippen LogP contribution in [-0.2, 0) is 0 Å². The maximum absolute atomic E-state index is 5.65. The van der Waals surface area contributed by atoms with Crippen LogP contribution in [0.1, 0.15) is 37.6 Å². The molecule has 0 saturated heterocycles. The van der Waals surface area contributed by atoms with Crippen LogP contribution >= 0.6 is 0 Å². The summed E-state index contributed by atoms with van der Waals surface area (Å²) >= 11 is 0. The van der Waals surface area contributed by atoms with Gasteiger partial charge in [-0.25, -0.2) is 0 Å². The Bertz CT molecular complexity index is 504. The Hall–Kier alpha value is -1.81. The predicted molar refractivity (Wildman–Crippen MR) is 76.5 cm³/mol. The van der Waals surface area contributed by atoms with Gasteiger partial charge in [-0.2, -0.15) is 0 Å². The first kappa shape index (κ1) is 13.6. The summed E-state index contributed by atoms with van der Waals surface area (Å²) in [5, 5.41) is 10.4. The van der Waals surface area contributed by atoms with Crippen LogP contribution in [-0.4, -0.2) is 16.7 Å². The van der Waals surface area contributed by atoms with E-state index < -0.39 is 0 Å². The molecule has 2 aromatic rings. The molecular formula is C15H21N3O. The number of hydrogen-bond acceptors (Lipinski definition) is 3. The third-order valence-electron chi connectivity index (χ3n) is 2.99. The minimum Gasteiger partial charge on any atom is -0.438 e. The molecule has 4 nitrogen and oxygen atoms in total. The van der Waals surface area contributed by atoms with E-state index >= 15 is 0 Å².